The van der Waals surface area contributed by atoms with Gasteiger partial charge in [-0.25, -0.2) is 4.79 Å². The number of nitrogens with zero attached hydrogens (tertiary/aromatic N) is 1. The van der Waals surface area contributed by atoms with Crippen molar-refractivity contribution in [2.24, 2.45) is 5.92 Å². The van der Waals surface area contributed by atoms with Crippen LogP contribution in [0.1, 0.15) is 20.3 Å². The second-order valence-electron chi connectivity index (χ2n) is 6.08. The van der Waals surface area contributed by atoms with Gasteiger partial charge in [-0.1, -0.05) is 13.8 Å². The highest BCUT2D eigenvalue weighted by atomic mass is 16.5. The van der Waals surface area contributed by atoms with E-state index in [1.165, 1.54) is 0 Å². The van der Waals surface area contributed by atoms with Gasteiger partial charge < -0.3 is 20.7 Å². The van der Waals surface area contributed by atoms with E-state index in [9.17, 15) is 9.59 Å². The molecule has 0 spiro atoms. The second-order valence-corrected chi connectivity index (χ2v) is 6.08. The Hall–Kier alpha value is -1.34. The number of rotatable bonds is 6. The number of amides is 3. The summed E-state index contributed by atoms with van der Waals surface area (Å²) in [6, 6.07) is -0.410. The third kappa shape index (κ3) is 4.86. The summed E-state index contributed by atoms with van der Waals surface area (Å²) in [7, 11) is 0. The maximum Gasteiger partial charge on any atom is 0.315 e. The average Bonchev–Trinajstić information content (AvgIpc) is 2.90. The van der Waals surface area contributed by atoms with Crippen LogP contribution in [0.3, 0.4) is 0 Å². The molecule has 2 heterocycles. The first-order valence-corrected chi connectivity index (χ1v) is 7.70. The quantitative estimate of drug-likeness (QED) is 0.619. The molecule has 0 aromatic rings. The summed E-state index contributed by atoms with van der Waals surface area (Å²) >= 11 is 0. The fraction of sp³-hybridized carbons (Fsp3) is 0.857. The van der Waals surface area contributed by atoms with Gasteiger partial charge in [-0.15, -0.1) is 0 Å². The molecule has 0 radical (unpaired) electrons. The minimum Gasteiger partial charge on any atom is -0.379 e. The molecule has 120 valence electrons. The molecule has 0 bridgehead atoms. The van der Waals surface area contributed by atoms with Crippen molar-refractivity contribution in [1.29, 1.82) is 0 Å². The first-order valence-electron chi connectivity index (χ1n) is 7.70. The van der Waals surface area contributed by atoms with E-state index in [4.69, 9.17) is 4.74 Å². The van der Waals surface area contributed by atoms with Crippen LogP contribution in [0.4, 0.5) is 4.79 Å². The van der Waals surface area contributed by atoms with Gasteiger partial charge >= 0.3 is 6.03 Å². The molecular weight excluding hydrogens is 272 g/mol. The molecule has 2 aliphatic heterocycles. The lowest BCUT2D eigenvalue weighted by atomic mass is 10.0. The topological polar surface area (TPSA) is 82.7 Å². The fourth-order valence-electron chi connectivity index (χ4n) is 2.80. The molecule has 0 aliphatic carbocycles. The van der Waals surface area contributed by atoms with Crippen LogP contribution in [-0.4, -0.2) is 68.3 Å². The Morgan fingerprint density at radius 2 is 2.14 bits per heavy atom. The molecule has 2 fully saturated rings. The molecule has 2 saturated heterocycles. The van der Waals surface area contributed by atoms with Crippen molar-refractivity contribution < 1.29 is 14.3 Å². The van der Waals surface area contributed by atoms with Gasteiger partial charge in [0.1, 0.15) is 6.04 Å². The molecule has 7 nitrogen and oxygen atoms in total. The third-order valence-electron chi connectivity index (χ3n) is 3.91. The third-order valence-corrected chi connectivity index (χ3v) is 3.91. The smallest absolute Gasteiger partial charge is 0.315 e. The zero-order valence-corrected chi connectivity index (χ0v) is 12.9. The second kappa shape index (κ2) is 7.61. The van der Waals surface area contributed by atoms with Crippen LogP contribution in [0.25, 0.3) is 0 Å². The number of carbonyl (C=O) groups excluding carboxylic acids is 2. The zero-order valence-electron chi connectivity index (χ0n) is 12.9. The number of hydrogen-bond acceptors (Lipinski definition) is 4. The zero-order chi connectivity index (χ0) is 15.2. The average molecular weight is 298 g/mol. The molecule has 2 aliphatic rings. The van der Waals surface area contributed by atoms with Gasteiger partial charge in [-0.05, 0) is 12.3 Å². The monoisotopic (exact) mass is 298 g/mol. The lowest BCUT2D eigenvalue weighted by Crippen LogP contribution is -2.51. The molecule has 2 rings (SSSR count). The van der Waals surface area contributed by atoms with Crippen molar-refractivity contribution in [3.8, 4) is 0 Å². The molecular formula is C14H26N4O3. The van der Waals surface area contributed by atoms with Crippen molar-refractivity contribution >= 4 is 11.9 Å². The fourth-order valence-corrected chi connectivity index (χ4v) is 2.80. The summed E-state index contributed by atoms with van der Waals surface area (Å²) in [6.07, 6.45) is 1.04. The van der Waals surface area contributed by atoms with Gasteiger partial charge in [0.2, 0.25) is 5.91 Å². The van der Waals surface area contributed by atoms with Crippen molar-refractivity contribution in [3.05, 3.63) is 0 Å². The van der Waals surface area contributed by atoms with Crippen LogP contribution in [-0.2, 0) is 9.53 Å². The van der Waals surface area contributed by atoms with Gasteiger partial charge in [0.15, 0.2) is 0 Å². The molecule has 21 heavy (non-hydrogen) atoms. The summed E-state index contributed by atoms with van der Waals surface area (Å²) in [5.41, 5.74) is 0. The van der Waals surface area contributed by atoms with Gasteiger partial charge in [0.05, 0.1) is 13.2 Å². The number of ether oxygens (including phenoxy) is 1. The van der Waals surface area contributed by atoms with Crippen LogP contribution >= 0.6 is 0 Å². The summed E-state index contributed by atoms with van der Waals surface area (Å²) in [4.78, 5) is 25.5. The van der Waals surface area contributed by atoms with Crippen LogP contribution in [0.5, 0.6) is 0 Å². The molecule has 0 aromatic heterocycles. The van der Waals surface area contributed by atoms with E-state index in [1.54, 1.807) is 0 Å². The molecule has 0 unspecified atom stereocenters. The summed E-state index contributed by atoms with van der Waals surface area (Å²) < 4.78 is 5.39. The lowest BCUT2D eigenvalue weighted by Gasteiger charge is -2.35. The highest BCUT2D eigenvalue weighted by molar-refractivity contribution is 5.90. The number of nitrogens with one attached hydrogen (secondary N) is 3. The van der Waals surface area contributed by atoms with E-state index in [0.29, 0.717) is 25.0 Å². The molecule has 7 heteroatoms. The van der Waals surface area contributed by atoms with Crippen LogP contribution in [0.2, 0.25) is 0 Å². The van der Waals surface area contributed by atoms with Crippen molar-refractivity contribution in [2.45, 2.75) is 32.4 Å². The normalized spacial score (nSPS) is 24.5. The van der Waals surface area contributed by atoms with E-state index in [2.05, 4.69) is 34.7 Å². The first-order chi connectivity index (χ1) is 10.1. The van der Waals surface area contributed by atoms with Crippen molar-refractivity contribution in [3.63, 3.8) is 0 Å². The Morgan fingerprint density at radius 3 is 2.71 bits per heavy atom. The van der Waals surface area contributed by atoms with Crippen molar-refractivity contribution in [2.75, 3.05) is 39.4 Å². The predicted molar refractivity (Wildman–Crippen MR) is 79.0 cm³/mol. The van der Waals surface area contributed by atoms with Gasteiger partial charge in [0, 0.05) is 32.2 Å². The summed E-state index contributed by atoms with van der Waals surface area (Å²) in [5, 5.41) is 8.17. The SMILES string of the molecule is CC(C)C[C@H](CNC(=O)[C@@H]1CNC(=O)N1)N1CCOCC1. The highest BCUT2D eigenvalue weighted by Crippen LogP contribution is 2.13. The Bertz CT molecular complexity index is 369. The number of carbonyl (C=O) groups is 2. The Balaban J connectivity index is 1.82. The summed E-state index contributed by atoms with van der Waals surface area (Å²) in [5.74, 6) is 0.456. The van der Waals surface area contributed by atoms with Gasteiger partial charge in [0.25, 0.3) is 0 Å². The van der Waals surface area contributed by atoms with E-state index >= 15 is 0 Å². The maximum atomic E-state index is 12.1. The molecule has 0 saturated carbocycles. The predicted octanol–water partition coefficient (Wildman–Crippen LogP) is -0.469. The first kappa shape index (κ1) is 16.0. The minimum absolute atomic E-state index is 0.115. The maximum absolute atomic E-state index is 12.1. The van der Waals surface area contributed by atoms with Gasteiger partial charge in [-0.2, -0.15) is 0 Å². The molecule has 2 atom stereocenters. The molecule has 3 N–H and O–H groups in total. The highest BCUT2D eigenvalue weighted by Gasteiger charge is 2.28. The minimum atomic E-state index is -0.457. The van der Waals surface area contributed by atoms with Gasteiger partial charge in [-0.3, -0.25) is 9.69 Å². The van der Waals surface area contributed by atoms with Crippen LogP contribution in [0, 0.1) is 5.92 Å². The number of morpholine rings is 1. The largest absolute Gasteiger partial charge is 0.379 e. The Kier molecular flexibility index (Phi) is 5.81. The standard InChI is InChI=1S/C14H26N4O3/c1-10(2)7-11(18-3-5-21-6-4-18)8-15-13(19)12-9-16-14(20)17-12/h10-12H,3-9H2,1-2H3,(H,15,19)(H2,16,17,20)/t11-,12+/m1/s1. The molecule has 3 amide bonds. The Labute approximate surface area is 125 Å². The number of urea groups is 1. The molecule has 0 aromatic carbocycles. The van der Waals surface area contributed by atoms with E-state index in [0.717, 1.165) is 32.7 Å². The van der Waals surface area contributed by atoms with E-state index < -0.39 is 6.04 Å². The van der Waals surface area contributed by atoms with E-state index in [-0.39, 0.29) is 11.9 Å². The lowest BCUT2D eigenvalue weighted by molar-refractivity contribution is -0.122. The summed E-state index contributed by atoms with van der Waals surface area (Å²) in [6.45, 7) is 8.69. The van der Waals surface area contributed by atoms with Crippen molar-refractivity contribution in [1.82, 2.24) is 20.9 Å². The number of hydrogen-bond donors (Lipinski definition) is 3. The van der Waals surface area contributed by atoms with Crippen LogP contribution in [0.15, 0.2) is 0 Å². The Morgan fingerprint density at radius 1 is 1.43 bits per heavy atom. The van der Waals surface area contributed by atoms with Crippen LogP contribution < -0.4 is 16.0 Å². The van der Waals surface area contributed by atoms with E-state index in [1.807, 2.05) is 0 Å².